The van der Waals surface area contributed by atoms with Crippen molar-refractivity contribution in [1.82, 2.24) is 29.9 Å². The second kappa shape index (κ2) is 6.75. The molecule has 3 heterocycles. The van der Waals surface area contributed by atoms with Gasteiger partial charge in [0.2, 0.25) is 5.91 Å². The number of nitrogens with one attached hydrogen (secondary N) is 2. The lowest BCUT2D eigenvalue weighted by Crippen LogP contribution is -2.30. The summed E-state index contributed by atoms with van der Waals surface area (Å²) in [5, 5.41) is 20.3. The molecular formula is C18H21N7O. The fourth-order valence-corrected chi connectivity index (χ4v) is 4.13. The lowest BCUT2D eigenvalue weighted by Gasteiger charge is -2.16. The number of hydrogen-bond acceptors (Lipinski definition) is 5. The fraction of sp³-hybridized carbons (Fsp3) is 0.500. The number of nitrogens with zero attached hydrogens (tertiary/aromatic N) is 5. The average molecular weight is 351 g/mol. The number of hydrogen-bond donors (Lipinski definition) is 2. The Morgan fingerprint density at radius 1 is 1.46 bits per heavy atom. The van der Waals surface area contributed by atoms with Crippen molar-refractivity contribution in [3.63, 3.8) is 0 Å². The second-order valence-corrected chi connectivity index (χ2v) is 6.86. The highest BCUT2D eigenvalue weighted by molar-refractivity contribution is 5.79. The zero-order valence-corrected chi connectivity index (χ0v) is 14.6. The van der Waals surface area contributed by atoms with Crippen LogP contribution in [-0.2, 0) is 4.79 Å². The largest absolute Gasteiger partial charge is 0.355 e. The number of aromatic nitrogens is 5. The summed E-state index contributed by atoms with van der Waals surface area (Å²) < 4.78 is 2.06. The van der Waals surface area contributed by atoms with E-state index in [1.54, 1.807) is 6.20 Å². The van der Waals surface area contributed by atoms with Gasteiger partial charge in [0.25, 0.3) is 0 Å². The third-order valence-corrected chi connectivity index (χ3v) is 5.42. The highest BCUT2D eigenvalue weighted by Gasteiger charge is 2.40. The molecule has 0 aliphatic heterocycles. The summed E-state index contributed by atoms with van der Waals surface area (Å²) in [6.07, 6.45) is 6.51. The molecule has 26 heavy (non-hydrogen) atoms. The van der Waals surface area contributed by atoms with E-state index >= 15 is 0 Å². The molecule has 1 aliphatic rings. The van der Waals surface area contributed by atoms with E-state index in [4.69, 9.17) is 5.26 Å². The summed E-state index contributed by atoms with van der Waals surface area (Å²) in [5.41, 5.74) is 2.48. The molecule has 0 spiro atoms. The fourth-order valence-electron chi connectivity index (χ4n) is 4.13. The van der Waals surface area contributed by atoms with Crippen LogP contribution in [0.5, 0.6) is 0 Å². The van der Waals surface area contributed by atoms with Crippen molar-refractivity contribution in [2.75, 3.05) is 6.54 Å². The van der Waals surface area contributed by atoms with Crippen molar-refractivity contribution >= 4 is 22.7 Å². The molecule has 1 saturated carbocycles. The average Bonchev–Trinajstić information content (AvgIpc) is 3.37. The quantitative estimate of drug-likeness (QED) is 0.684. The van der Waals surface area contributed by atoms with Gasteiger partial charge in [-0.3, -0.25) is 9.20 Å². The van der Waals surface area contributed by atoms with Gasteiger partial charge >= 0.3 is 0 Å². The molecule has 134 valence electrons. The first-order valence-corrected chi connectivity index (χ1v) is 9.04. The van der Waals surface area contributed by atoms with Crippen LogP contribution in [0.4, 0.5) is 0 Å². The smallest absolute Gasteiger partial charge is 0.223 e. The minimum Gasteiger partial charge on any atom is -0.355 e. The van der Waals surface area contributed by atoms with Crippen LogP contribution < -0.4 is 5.32 Å². The highest BCUT2D eigenvalue weighted by atomic mass is 16.1. The summed E-state index contributed by atoms with van der Waals surface area (Å²) in [6.45, 7) is 2.57. The van der Waals surface area contributed by atoms with Crippen molar-refractivity contribution in [3.05, 3.63) is 24.3 Å². The van der Waals surface area contributed by atoms with Crippen LogP contribution in [0.25, 0.3) is 16.8 Å². The molecule has 4 rings (SSSR count). The SMILES string of the molecule is CC[C@@H]1C[C@H](C(=O)NCCC#N)C[C@@H]1c1nnc2cnc3[nH]ccc3n12. The predicted molar refractivity (Wildman–Crippen MR) is 95.1 cm³/mol. The molecule has 1 fully saturated rings. The van der Waals surface area contributed by atoms with E-state index in [2.05, 4.69) is 42.9 Å². The van der Waals surface area contributed by atoms with Crippen molar-refractivity contribution in [2.24, 2.45) is 11.8 Å². The number of carbonyl (C=O) groups excluding carboxylic acids is 1. The van der Waals surface area contributed by atoms with E-state index in [9.17, 15) is 4.79 Å². The van der Waals surface area contributed by atoms with Crippen molar-refractivity contribution in [2.45, 2.75) is 38.5 Å². The molecule has 3 aromatic rings. The van der Waals surface area contributed by atoms with E-state index in [0.717, 1.165) is 41.9 Å². The van der Waals surface area contributed by atoms with E-state index in [0.29, 0.717) is 18.9 Å². The number of amides is 1. The minimum absolute atomic E-state index is 0.0421. The molecule has 0 unspecified atom stereocenters. The minimum atomic E-state index is -0.0421. The Morgan fingerprint density at radius 2 is 2.35 bits per heavy atom. The Hall–Kier alpha value is -2.95. The molecule has 0 radical (unpaired) electrons. The van der Waals surface area contributed by atoms with Gasteiger partial charge in [-0.15, -0.1) is 10.2 Å². The molecule has 0 saturated heterocycles. The number of nitriles is 1. The number of aromatic amines is 1. The third-order valence-electron chi connectivity index (χ3n) is 5.42. The molecule has 2 N–H and O–H groups in total. The number of H-pyrrole nitrogens is 1. The Balaban J connectivity index is 1.64. The van der Waals surface area contributed by atoms with Gasteiger partial charge in [-0.1, -0.05) is 13.3 Å². The van der Waals surface area contributed by atoms with Crippen LogP contribution in [0.2, 0.25) is 0 Å². The van der Waals surface area contributed by atoms with Crippen LogP contribution in [0.1, 0.15) is 44.3 Å². The van der Waals surface area contributed by atoms with Gasteiger partial charge in [0.05, 0.1) is 24.2 Å². The Bertz CT molecular complexity index is 982. The topological polar surface area (TPSA) is 112 Å². The first-order chi connectivity index (χ1) is 12.7. The summed E-state index contributed by atoms with van der Waals surface area (Å²) in [5.74, 6) is 1.48. The molecule has 1 aliphatic carbocycles. The summed E-state index contributed by atoms with van der Waals surface area (Å²) >= 11 is 0. The molecular weight excluding hydrogens is 330 g/mol. The van der Waals surface area contributed by atoms with Crippen LogP contribution >= 0.6 is 0 Å². The highest BCUT2D eigenvalue weighted by Crippen LogP contribution is 2.44. The number of fused-ring (bicyclic) bond motifs is 3. The van der Waals surface area contributed by atoms with E-state index < -0.39 is 0 Å². The van der Waals surface area contributed by atoms with Crippen LogP contribution in [0, 0.1) is 23.2 Å². The van der Waals surface area contributed by atoms with Gasteiger partial charge in [0.1, 0.15) is 5.82 Å². The molecule has 8 heteroatoms. The molecule has 3 atom stereocenters. The van der Waals surface area contributed by atoms with Gasteiger partial charge in [-0.2, -0.15) is 5.26 Å². The summed E-state index contributed by atoms with van der Waals surface area (Å²) in [6, 6.07) is 4.03. The maximum Gasteiger partial charge on any atom is 0.223 e. The monoisotopic (exact) mass is 351 g/mol. The summed E-state index contributed by atoms with van der Waals surface area (Å²) in [7, 11) is 0. The lowest BCUT2D eigenvalue weighted by molar-refractivity contribution is -0.124. The Morgan fingerprint density at radius 3 is 3.15 bits per heavy atom. The molecule has 8 nitrogen and oxygen atoms in total. The van der Waals surface area contributed by atoms with E-state index in [-0.39, 0.29) is 17.7 Å². The zero-order valence-electron chi connectivity index (χ0n) is 14.6. The Kier molecular flexibility index (Phi) is 4.29. The molecule has 1 amide bonds. The van der Waals surface area contributed by atoms with Crippen LogP contribution in [0.3, 0.4) is 0 Å². The number of rotatable bonds is 5. The van der Waals surface area contributed by atoms with Gasteiger partial charge in [0, 0.05) is 24.6 Å². The Labute approximate surface area is 150 Å². The lowest BCUT2D eigenvalue weighted by atomic mass is 9.93. The maximum absolute atomic E-state index is 12.5. The maximum atomic E-state index is 12.5. The standard InChI is InChI=1S/C18H21N7O/c1-2-11-8-12(18(26)21-6-3-5-19)9-13(11)17-24-23-15-10-22-16-14(25(15)17)4-7-20-16/h4,7,10-13,20H,2-3,6,8-9H2,1H3,(H,21,26)/t11-,12+,13+/m1/s1. The van der Waals surface area contributed by atoms with Gasteiger partial charge < -0.3 is 10.3 Å². The van der Waals surface area contributed by atoms with Crippen LogP contribution in [0.15, 0.2) is 18.5 Å². The number of carbonyl (C=O) groups is 1. The zero-order chi connectivity index (χ0) is 18.1. The van der Waals surface area contributed by atoms with Crippen molar-refractivity contribution < 1.29 is 4.79 Å². The van der Waals surface area contributed by atoms with Gasteiger partial charge in [-0.05, 0) is 24.8 Å². The van der Waals surface area contributed by atoms with Gasteiger partial charge in [-0.25, -0.2) is 4.98 Å². The molecule has 0 bridgehead atoms. The predicted octanol–water partition coefficient (Wildman–Crippen LogP) is 2.16. The normalized spacial score (nSPS) is 22.7. The first kappa shape index (κ1) is 16.5. The van der Waals surface area contributed by atoms with E-state index in [1.807, 2.05) is 12.3 Å². The summed E-state index contributed by atoms with van der Waals surface area (Å²) in [4.78, 5) is 19.9. The van der Waals surface area contributed by atoms with Crippen molar-refractivity contribution in [1.29, 1.82) is 5.26 Å². The first-order valence-electron chi connectivity index (χ1n) is 9.04. The molecule has 0 aromatic carbocycles. The second-order valence-electron chi connectivity index (χ2n) is 6.86. The van der Waals surface area contributed by atoms with Gasteiger partial charge in [0.15, 0.2) is 11.3 Å². The van der Waals surface area contributed by atoms with Crippen molar-refractivity contribution in [3.8, 4) is 6.07 Å². The molecule has 3 aromatic heterocycles. The van der Waals surface area contributed by atoms with E-state index in [1.165, 1.54) is 0 Å². The third kappa shape index (κ3) is 2.69. The van der Waals surface area contributed by atoms with Crippen LogP contribution in [-0.4, -0.2) is 37.0 Å².